The summed E-state index contributed by atoms with van der Waals surface area (Å²) in [5, 5.41) is 0.848. The molecule has 1 heterocycles. The van der Waals surface area contributed by atoms with Crippen molar-refractivity contribution < 1.29 is 13.5 Å². The minimum atomic E-state index is -0.382. The summed E-state index contributed by atoms with van der Waals surface area (Å²) < 4.78 is 22.3. The number of halogens is 1. The molecule has 0 aliphatic heterocycles. The predicted molar refractivity (Wildman–Crippen MR) is 63.2 cm³/mol. The Morgan fingerprint density at radius 2 is 2.00 bits per heavy atom. The zero-order valence-corrected chi connectivity index (χ0v) is 9.32. The predicted octanol–water partition coefficient (Wildman–Crippen LogP) is 2.92. The number of hydrogen-bond donors (Lipinski definition) is 0. The maximum atomic E-state index is 11.9. The van der Waals surface area contributed by atoms with Crippen LogP contribution in [0.15, 0.2) is 39.5 Å². The van der Waals surface area contributed by atoms with Crippen LogP contribution in [0.1, 0.15) is 12.8 Å². The largest absolute Gasteiger partial charge is 0.493 e. The number of benzene rings is 1. The van der Waals surface area contributed by atoms with E-state index < -0.39 is 0 Å². The van der Waals surface area contributed by atoms with E-state index in [4.69, 9.17) is 9.15 Å². The summed E-state index contributed by atoms with van der Waals surface area (Å²) >= 11 is 0. The van der Waals surface area contributed by atoms with Crippen LogP contribution in [0.5, 0.6) is 5.75 Å². The van der Waals surface area contributed by atoms with Gasteiger partial charge in [0.25, 0.3) is 0 Å². The molecule has 1 aromatic carbocycles. The summed E-state index contributed by atoms with van der Waals surface area (Å²) in [6, 6.07) is 8.38. The summed E-state index contributed by atoms with van der Waals surface area (Å²) in [5.74, 6) is 0.630. The lowest BCUT2D eigenvalue weighted by atomic mass is 10.2. The van der Waals surface area contributed by atoms with Crippen molar-refractivity contribution in [3.05, 3.63) is 40.8 Å². The monoisotopic (exact) mass is 236 g/mol. The van der Waals surface area contributed by atoms with Crippen molar-refractivity contribution in [2.75, 3.05) is 13.3 Å². The molecule has 0 atom stereocenters. The Balaban J connectivity index is 2.11. The minimum Gasteiger partial charge on any atom is -0.493 e. The van der Waals surface area contributed by atoms with Gasteiger partial charge in [0.1, 0.15) is 11.3 Å². The van der Waals surface area contributed by atoms with Gasteiger partial charge in [-0.2, -0.15) is 0 Å². The van der Waals surface area contributed by atoms with Crippen LogP contribution in [0, 0.1) is 0 Å². The van der Waals surface area contributed by atoms with Crippen molar-refractivity contribution in [1.82, 2.24) is 0 Å². The lowest BCUT2D eigenvalue weighted by Crippen LogP contribution is -1.98. The minimum absolute atomic E-state index is 0.323. The lowest BCUT2D eigenvalue weighted by molar-refractivity contribution is 0.297. The summed E-state index contributed by atoms with van der Waals surface area (Å²) in [4.78, 5) is 11.0. The van der Waals surface area contributed by atoms with E-state index in [1.54, 1.807) is 18.2 Å². The first-order valence-electron chi connectivity index (χ1n) is 5.52. The van der Waals surface area contributed by atoms with Crippen LogP contribution in [0.3, 0.4) is 0 Å². The van der Waals surface area contributed by atoms with E-state index in [1.807, 2.05) is 6.07 Å². The number of fused-ring (bicyclic) bond motifs is 1. The fourth-order valence-corrected chi connectivity index (χ4v) is 1.52. The van der Waals surface area contributed by atoms with Gasteiger partial charge in [-0.05, 0) is 31.0 Å². The molecule has 90 valence electrons. The zero-order chi connectivity index (χ0) is 12.1. The van der Waals surface area contributed by atoms with Gasteiger partial charge >= 0.3 is 5.63 Å². The maximum Gasteiger partial charge on any atom is 0.336 e. The summed E-state index contributed by atoms with van der Waals surface area (Å²) in [6.07, 6.45) is 1.18. The van der Waals surface area contributed by atoms with Crippen LogP contribution in [0.25, 0.3) is 11.0 Å². The highest BCUT2D eigenvalue weighted by Gasteiger charge is 2.00. The van der Waals surface area contributed by atoms with E-state index in [-0.39, 0.29) is 12.3 Å². The zero-order valence-electron chi connectivity index (χ0n) is 9.32. The van der Waals surface area contributed by atoms with Gasteiger partial charge in [0.05, 0.1) is 13.3 Å². The van der Waals surface area contributed by atoms with Gasteiger partial charge in [0.15, 0.2) is 0 Å². The summed E-state index contributed by atoms with van der Waals surface area (Å²) in [5.41, 5.74) is 0.118. The molecule has 0 N–H and O–H groups in total. The number of ether oxygens (including phenoxy) is 1. The fraction of sp³-hybridized carbons (Fsp3) is 0.308. The second kappa shape index (κ2) is 5.48. The topological polar surface area (TPSA) is 39.4 Å². The van der Waals surface area contributed by atoms with Crippen LogP contribution in [-0.4, -0.2) is 13.3 Å². The molecule has 0 unspecified atom stereocenters. The first-order chi connectivity index (χ1) is 8.29. The fourth-order valence-electron chi connectivity index (χ4n) is 1.52. The van der Waals surface area contributed by atoms with Gasteiger partial charge < -0.3 is 9.15 Å². The summed E-state index contributed by atoms with van der Waals surface area (Å²) in [6.45, 7) is 0.141. The number of alkyl halides is 1. The molecule has 17 heavy (non-hydrogen) atoms. The second-order valence-corrected chi connectivity index (χ2v) is 3.70. The van der Waals surface area contributed by atoms with Gasteiger partial charge in [0, 0.05) is 17.5 Å². The highest BCUT2D eigenvalue weighted by atomic mass is 19.1. The molecule has 0 bridgehead atoms. The van der Waals surface area contributed by atoms with E-state index in [2.05, 4.69) is 0 Å². The van der Waals surface area contributed by atoms with Crippen molar-refractivity contribution in [3.63, 3.8) is 0 Å². The molecule has 0 fully saturated rings. The second-order valence-electron chi connectivity index (χ2n) is 3.70. The molecule has 0 radical (unpaired) electrons. The van der Waals surface area contributed by atoms with Crippen molar-refractivity contribution in [2.24, 2.45) is 0 Å². The van der Waals surface area contributed by atoms with Crippen molar-refractivity contribution in [3.8, 4) is 5.75 Å². The van der Waals surface area contributed by atoms with Crippen LogP contribution in [0.4, 0.5) is 4.39 Å². The Kier molecular flexibility index (Phi) is 3.75. The lowest BCUT2D eigenvalue weighted by Gasteiger charge is -2.05. The van der Waals surface area contributed by atoms with E-state index in [0.717, 1.165) is 5.39 Å². The molecule has 0 amide bonds. The van der Waals surface area contributed by atoms with Gasteiger partial charge in [-0.25, -0.2) is 4.79 Å². The Bertz CT molecular complexity index is 548. The molecule has 4 heteroatoms. The Hall–Kier alpha value is -1.84. The molecule has 0 saturated heterocycles. The van der Waals surface area contributed by atoms with E-state index in [9.17, 15) is 9.18 Å². The van der Waals surface area contributed by atoms with Crippen LogP contribution >= 0.6 is 0 Å². The molecular formula is C13H13FO3. The van der Waals surface area contributed by atoms with Crippen molar-refractivity contribution in [2.45, 2.75) is 12.8 Å². The first-order valence-corrected chi connectivity index (χ1v) is 5.52. The third kappa shape index (κ3) is 3.06. The van der Waals surface area contributed by atoms with Gasteiger partial charge in [-0.3, -0.25) is 4.39 Å². The average molecular weight is 236 g/mol. The SMILES string of the molecule is O=c1ccc2ccc(OCCCCF)cc2o1. The van der Waals surface area contributed by atoms with Crippen molar-refractivity contribution in [1.29, 1.82) is 0 Å². The highest BCUT2D eigenvalue weighted by Crippen LogP contribution is 2.19. The molecule has 1 aromatic heterocycles. The molecule has 2 aromatic rings. The van der Waals surface area contributed by atoms with Crippen molar-refractivity contribution >= 4 is 11.0 Å². The number of hydrogen-bond acceptors (Lipinski definition) is 3. The van der Waals surface area contributed by atoms with Gasteiger partial charge in [-0.1, -0.05) is 0 Å². The first kappa shape index (κ1) is 11.6. The molecule has 3 nitrogen and oxygen atoms in total. The standard InChI is InChI=1S/C13H13FO3/c14-7-1-2-8-16-11-5-3-10-4-6-13(15)17-12(10)9-11/h3-6,9H,1-2,7-8H2. The third-order valence-electron chi connectivity index (χ3n) is 2.39. The Labute approximate surface area is 97.8 Å². The molecule has 0 aliphatic carbocycles. The van der Waals surface area contributed by atoms with E-state index in [0.29, 0.717) is 30.8 Å². The van der Waals surface area contributed by atoms with E-state index >= 15 is 0 Å². The van der Waals surface area contributed by atoms with Gasteiger partial charge in [0.2, 0.25) is 0 Å². The molecule has 0 spiro atoms. The highest BCUT2D eigenvalue weighted by molar-refractivity contribution is 5.77. The number of rotatable bonds is 5. The van der Waals surface area contributed by atoms with Crippen LogP contribution in [-0.2, 0) is 0 Å². The molecule has 0 aliphatic rings. The quantitative estimate of drug-likeness (QED) is 0.592. The number of unbranched alkanes of at least 4 members (excludes halogenated alkanes) is 1. The average Bonchev–Trinajstić information content (AvgIpc) is 2.34. The third-order valence-corrected chi connectivity index (χ3v) is 2.39. The Morgan fingerprint density at radius 1 is 1.18 bits per heavy atom. The Morgan fingerprint density at radius 3 is 2.82 bits per heavy atom. The maximum absolute atomic E-state index is 11.9. The molecule has 0 saturated carbocycles. The van der Waals surface area contributed by atoms with Crippen LogP contribution in [0.2, 0.25) is 0 Å². The van der Waals surface area contributed by atoms with Gasteiger partial charge in [-0.15, -0.1) is 0 Å². The van der Waals surface area contributed by atoms with Crippen LogP contribution < -0.4 is 10.4 Å². The molecular weight excluding hydrogens is 223 g/mol. The normalized spacial score (nSPS) is 10.6. The van der Waals surface area contributed by atoms with E-state index in [1.165, 1.54) is 6.07 Å². The smallest absolute Gasteiger partial charge is 0.336 e. The molecule has 2 rings (SSSR count). The summed E-state index contributed by atoms with van der Waals surface area (Å²) in [7, 11) is 0.